The molecular formula is C35H52Cl2N2O6S. The molecule has 0 aromatic heterocycles. The number of halogens is 2. The molecule has 0 aliphatic rings. The van der Waals surface area contributed by atoms with Gasteiger partial charge in [-0.1, -0.05) is 119 Å². The van der Waals surface area contributed by atoms with Gasteiger partial charge < -0.3 is 9.47 Å². The molecule has 8 nitrogen and oxygen atoms in total. The van der Waals surface area contributed by atoms with Gasteiger partial charge in [0.05, 0.1) is 22.8 Å². The van der Waals surface area contributed by atoms with E-state index in [1.165, 1.54) is 36.4 Å². The molecule has 2 aromatic carbocycles. The van der Waals surface area contributed by atoms with Gasteiger partial charge in [-0.2, -0.15) is 4.31 Å². The molecule has 0 fully saturated rings. The summed E-state index contributed by atoms with van der Waals surface area (Å²) in [4.78, 5) is 25.6. The average Bonchev–Trinajstić information content (AvgIpc) is 2.99. The highest BCUT2D eigenvalue weighted by Gasteiger charge is 2.31. The zero-order valence-electron chi connectivity index (χ0n) is 28.3. The maximum Gasteiger partial charge on any atom is 0.412 e. The fraction of sp³-hybridized carbons (Fsp3) is 0.600. The van der Waals surface area contributed by atoms with Crippen LogP contribution >= 0.6 is 23.2 Å². The Hall–Kier alpha value is -2.33. The first-order chi connectivity index (χ1) is 21.9. The number of hydrogen-bond donors (Lipinski definition) is 1. The lowest BCUT2D eigenvalue weighted by atomic mass is 9.95. The van der Waals surface area contributed by atoms with Crippen molar-refractivity contribution in [2.45, 2.75) is 123 Å². The second-order valence-electron chi connectivity index (χ2n) is 11.9. The van der Waals surface area contributed by atoms with Crippen molar-refractivity contribution in [1.82, 2.24) is 4.31 Å². The fourth-order valence-electron chi connectivity index (χ4n) is 5.63. The molecule has 2 rings (SSSR count). The summed E-state index contributed by atoms with van der Waals surface area (Å²) in [5.41, 5.74) is 3.11. The van der Waals surface area contributed by atoms with Gasteiger partial charge in [0.15, 0.2) is 0 Å². The number of sulfonamides is 1. The number of esters is 1. The molecule has 0 aliphatic carbocycles. The summed E-state index contributed by atoms with van der Waals surface area (Å²) in [6.45, 7) is 10.7. The average molecular weight is 700 g/mol. The van der Waals surface area contributed by atoms with Crippen LogP contribution in [-0.2, 0) is 24.3 Å². The molecule has 1 atom stereocenters. The Balaban J connectivity index is 2.25. The molecule has 0 aliphatic heterocycles. The lowest BCUT2D eigenvalue weighted by Gasteiger charge is -2.24. The number of carbonyl (C=O) groups excluding carboxylic acids is 2. The fourth-order valence-corrected chi connectivity index (χ4v) is 7.95. The van der Waals surface area contributed by atoms with E-state index >= 15 is 0 Å². The van der Waals surface area contributed by atoms with E-state index in [1.807, 2.05) is 32.9 Å². The van der Waals surface area contributed by atoms with Gasteiger partial charge in [-0.3, -0.25) is 5.32 Å². The van der Waals surface area contributed by atoms with E-state index in [-0.39, 0.29) is 20.6 Å². The van der Waals surface area contributed by atoms with Gasteiger partial charge in [-0.05, 0) is 56.9 Å². The maximum absolute atomic E-state index is 13.9. The lowest BCUT2D eigenvalue weighted by molar-refractivity contribution is -0.150. The van der Waals surface area contributed by atoms with Crippen molar-refractivity contribution in [3.8, 4) is 0 Å². The normalized spacial score (nSPS) is 12.3. The predicted octanol–water partition coefficient (Wildman–Crippen LogP) is 10.1. The van der Waals surface area contributed by atoms with Gasteiger partial charge in [-0.15, -0.1) is 0 Å². The highest BCUT2D eigenvalue weighted by Crippen LogP contribution is 2.35. The number of hydrogen-bond acceptors (Lipinski definition) is 6. The summed E-state index contributed by atoms with van der Waals surface area (Å²) in [6.07, 6.45) is 10.2. The van der Waals surface area contributed by atoms with Crippen LogP contribution in [0.4, 0.5) is 10.5 Å². The highest BCUT2D eigenvalue weighted by molar-refractivity contribution is 7.89. The van der Waals surface area contributed by atoms with E-state index in [2.05, 4.69) is 19.2 Å². The highest BCUT2D eigenvalue weighted by atomic mass is 35.5. The third kappa shape index (κ3) is 12.0. The first-order valence-electron chi connectivity index (χ1n) is 16.5. The lowest BCUT2D eigenvalue weighted by Crippen LogP contribution is -2.33. The molecule has 0 heterocycles. The Bertz CT molecular complexity index is 1360. The Morgan fingerprint density at radius 2 is 1.28 bits per heavy atom. The molecule has 1 amide bonds. The maximum atomic E-state index is 13.9. The van der Waals surface area contributed by atoms with Crippen LogP contribution in [0, 0.1) is 20.8 Å². The zero-order valence-corrected chi connectivity index (χ0v) is 30.7. The number of aryl methyl sites for hydroxylation is 3. The van der Waals surface area contributed by atoms with E-state index in [1.54, 1.807) is 0 Å². The largest absolute Gasteiger partial charge is 0.466 e. The quantitative estimate of drug-likeness (QED) is 0.109. The third-order valence-electron chi connectivity index (χ3n) is 8.04. The zero-order chi connectivity index (χ0) is 34.3. The molecule has 46 heavy (non-hydrogen) atoms. The minimum absolute atomic E-state index is 0.0312. The van der Waals surface area contributed by atoms with Crippen LogP contribution in [-0.4, -0.2) is 45.0 Å². The van der Waals surface area contributed by atoms with Crippen molar-refractivity contribution in [2.24, 2.45) is 0 Å². The minimum Gasteiger partial charge on any atom is -0.466 e. The molecule has 1 N–H and O–H groups in total. The third-order valence-corrected chi connectivity index (χ3v) is 10.7. The number of carbonyl (C=O) groups is 2. The summed E-state index contributed by atoms with van der Waals surface area (Å²) in [6, 6.07) is 6.33. The number of unbranched alkanes of at least 4 members (excludes halogenated alkanes) is 10. The van der Waals surface area contributed by atoms with E-state index in [9.17, 15) is 18.0 Å². The number of nitrogens with one attached hydrogen (secondary N) is 1. The summed E-state index contributed by atoms with van der Waals surface area (Å²) < 4.78 is 39.7. The molecule has 0 saturated heterocycles. The van der Waals surface area contributed by atoms with Crippen LogP contribution in [0.25, 0.3) is 0 Å². The monoisotopic (exact) mass is 698 g/mol. The van der Waals surface area contributed by atoms with Crippen molar-refractivity contribution in [3.05, 3.63) is 56.6 Å². The van der Waals surface area contributed by atoms with Gasteiger partial charge in [-0.25, -0.2) is 18.0 Å². The van der Waals surface area contributed by atoms with Crippen molar-refractivity contribution in [3.63, 3.8) is 0 Å². The Morgan fingerprint density at radius 3 is 1.78 bits per heavy atom. The molecule has 0 saturated carbocycles. The van der Waals surface area contributed by atoms with Gasteiger partial charge in [0.1, 0.15) is 4.90 Å². The molecule has 1 unspecified atom stereocenters. The molecule has 11 heteroatoms. The Labute approximate surface area is 286 Å². The molecule has 0 spiro atoms. The van der Waals surface area contributed by atoms with Crippen LogP contribution in [0.15, 0.2) is 29.2 Å². The summed E-state index contributed by atoms with van der Waals surface area (Å²) in [5, 5.41) is 2.40. The number of amides is 1. The Kier molecular flexibility index (Phi) is 17.4. The van der Waals surface area contributed by atoms with Crippen molar-refractivity contribution in [1.29, 1.82) is 0 Å². The van der Waals surface area contributed by atoms with Crippen LogP contribution in [0.5, 0.6) is 0 Å². The van der Waals surface area contributed by atoms with E-state index in [0.717, 1.165) is 80.9 Å². The molecule has 258 valence electrons. The predicted molar refractivity (Wildman–Crippen MR) is 187 cm³/mol. The van der Waals surface area contributed by atoms with Gasteiger partial charge in [0.2, 0.25) is 16.1 Å². The second kappa shape index (κ2) is 20.1. The number of ether oxygens (including phenoxy) is 2. The molecular weight excluding hydrogens is 647 g/mol. The second-order valence-corrected chi connectivity index (χ2v) is 14.7. The van der Waals surface area contributed by atoms with E-state index < -0.39 is 28.2 Å². The minimum atomic E-state index is -3.97. The summed E-state index contributed by atoms with van der Waals surface area (Å²) >= 11 is 13.1. The summed E-state index contributed by atoms with van der Waals surface area (Å²) in [7, 11) is -2.75. The van der Waals surface area contributed by atoms with Crippen LogP contribution < -0.4 is 5.32 Å². The van der Waals surface area contributed by atoms with E-state index in [4.69, 9.17) is 32.7 Å². The SMILES string of the molecule is CCCCCCCCN(CCCCCCCC)S(=O)(=O)c1cc(Cl)c(NC(=O)OC(C(=O)OC)c2c(C)cc(C)cc2C)cc1Cl. The van der Waals surface area contributed by atoms with E-state index in [0.29, 0.717) is 18.7 Å². The number of methoxy groups -OCH3 is 1. The summed E-state index contributed by atoms with van der Waals surface area (Å²) in [5.74, 6) is -0.744. The Morgan fingerprint density at radius 1 is 0.783 bits per heavy atom. The molecule has 0 bridgehead atoms. The number of anilines is 1. The topological polar surface area (TPSA) is 102 Å². The van der Waals surface area contributed by atoms with Gasteiger partial charge in [0.25, 0.3) is 0 Å². The van der Waals surface area contributed by atoms with Crippen molar-refractivity contribution in [2.75, 3.05) is 25.5 Å². The van der Waals surface area contributed by atoms with Gasteiger partial charge >= 0.3 is 12.1 Å². The van der Waals surface area contributed by atoms with Crippen molar-refractivity contribution >= 4 is 51.0 Å². The van der Waals surface area contributed by atoms with Crippen LogP contribution in [0.3, 0.4) is 0 Å². The first-order valence-corrected chi connectivity index (χ1v) is 18.7. The van der Waals surface area contributed by atoms with Crippen molar-refractivity contribution < 1.29 is 27.5 Å². The number of rotatable bonds is 20. The van der Waals surface area contributed by atoms with Crippen LogP contribution in [0.2, 0.25) is 10.0 Å². The first kappa shape index (κ1) is 39.8. The smallest absolute Gasteiger partial charge is 0.412 e. The molecule has 0 radical (unpaired) electrons. The van der Waals surface area contributed by atoms with Crippen LogP contribution in [0.1, 0.15) is 119 Å². The number of benzene rings is 2. The molecule has 2 aromatic rings. The van der Waals surface area contributed by atoms with Gasteiger partial charge in [0, 0.05) is 18.7 Å². The number of nitrogens with zero attached hydrogens (tertiary/aromatic N) is 1. The standard InChI is InChI=1S/C35H52Cl2N2O6S/c1-7-9-11-13-15-17-19-39(20-18-16-14-12-10-8-2)46(42,43)31-24-28(36)30(23-29(31)37)38-35(41)45-33(34(40)44-6)32-26(4)21-25(3)22-27(32)5/h21-24,33H,7-20H2,1-6H3,(H,38,41).